The third-order valence-corrected chi connectivity index (χ3v) is 3.45. The summed E-state index contributed by atoms with van der Waals surface area (Å²) in [6, 6.07) is 15.5. The molecule has 0 aromatic heterocycles. The van der Waals surface area contributed by atoms with Crippen molar-refractivity contribution in [1.82, 2.24) is 0 Å². The molecule has 0 radical (unpaired) electrons. The largest absolute Gasteiger partial charge is 0.384 e. The van der Waals surface area contributed by atoms with Crippen LogP contribution in [0.3, 0.4) is 0 Å². The first-order valence-electron chi connectivity index (χ1n) is 6.59. The van der Waals surface area contributed by atoms with Crippen LogP contribution in [-0.2, 0) is 6.42 Å². The lowest BCUT2D eigenvalue weighted by atomic mass is 9.96. The average molecular weight is 275 g/mol. The molecule has 2 aromatic rings. The number of hydrogen-bond donors (Lipinski definition) is 1. The third kappa shape index (κ3) is 3.59. The molecular weight excluding hydrogens is 256 g/mol. The standard InChI is InChI=1S/C17H19ClO/c1-12(2)10-13-6-5-7-14(11-13)17(19)15-8-3-4-9-16(15)18/h3-9,11-12,17,19H,10H2,1-2H3. The zero-order valence-electron chi connectivity index (χ0n) is 11.3. The quantitative estimate of drug-likeness (QED) is 0.862. The van der Waals surface area contributed by atoms with Crippen molar-refractivity contribution in [3.05, 3.63) is 70.2 Å². The van der Waals surface area contributed by atoms with E-state index in [2.05, 4.69) is 26.0 Å². The van der Waals surface area contributed by atoms with Crippen molar-refractivity contribution >= 4 is 11.6 Å². The predicted molar refractivity (Wildman–Crippen MR) is 80.5 cm³/mol. The lowest BCUT2D eigenvalue weighted by Gasteiger charge is -2.14. The smallest absolute Gasteiger partial charge is 0.105 e. The van der Waals surface area contributed by atoms with Crippen molar-refractivity contribution in [1.29, 1.82) is 0 Å². The number of benzene rings is 2. The summed E-state index contributed by atoms with van der Waals surface area (Å²) in [4.78, 5) is 0. The van der Waals surface area contributed by atoms with Crippen molar-refractivity contribution in [3.8, 4) is 0 Å². The highest BCUT2D eigenvalue weighted by Crippen LogP contribution is 2.28. The van der Waals surface area contributed by atoms with Crippen LogP contribution in [0.1, 0.15) is 36.6 Å². The number of aliphatic hydroxyl groups excluding tert-OH is 1. The molecule has 0 aliphatic rings. The normalized spacial score (nSPS) is 12.7. The molecule has 0 fully saturated rings. The number of aliphatic hydroxyl groups is 1. The Morgan fingerprint density at radius 1 is 1.05 bits per heavy atom. The van der Waals surface area contributed by atoms with E-state index in [9.17, 15) is 5.11 Å². The molecule has 1 N–H and O–H groups in total. The van der Waals surface area contributed by atoms with Crippen LogP contribution in [-0.4, -0.2) is 5.11 Å². The molecular formula is C17H19ClO. The minimum Gasteiger partial charge on any atom is -0.384 e. The van der Waals surface area contributed by atoms with Crippen LogP contribution in [0.4, 0.5) is 0 Å². The second-order valence-corrected chi connectivity index (χ2v) is 5.67. The van der Waals surface area contributed by atoms with E-state index >= 15 is 0 Å². The lowest BCUT2D eigenvalue weighted by Crippen LogP contribution is -2.02. The molecule has 0 saturated carbocycles. The molecule has 0 aliphatic heterocycles. The Morgan fingerprint density at radius 2 is 1.79 bits per heavy atom. The maximum absolute atomic E-state index is 10.4. The van der Waals surface area contributed by atoms with Crippen LogP contribution < -0.4 is 0 Å². The number of rotatable bonds is 4. The lowest BCUT2D eigenvalue weighted by molar-refractivity contribution is 0.220. The van der Waals surface area contributed by atoms with Gasteiger partial charge >= 0.3 is 0 Å². The van der Waals surface area contributed by atoms with E-state index in [0.717, 1.165) is 17.5 Å². The first-order chi connectivity index (χ1) is 9.08. The molecule has 0 bridgehead atoms. The van der Waals surface area contributed by atoms with E-state index in [4.69, 9.17) is 11.6 Å². The minimum absolute atomic E-state index is 0.601. The van der Waals surface area contributed by atoms with Crippen LogP contribution in [0, 0.1) is 5.92 Å². The first-order valence-corrected chi connectivity index (χ1v) is 6.97. The summed E-state index contributed by atoms with van der Waals surface area (Å²) >= 11 is 6.13. The Morgan fingerprint density at radius 3 is 2.47 bits per heavy atom. The van der Waals surface area contributed by atoms with Gasteiger partial charge in [0.05, 0.1) is 0 Å². The molecule has 0 heterocycles. The Bertz CT molecular complexity index is 548. The summed E-state index contributed by atoms with van der Waals surface area (Å²) < 4.78 is 0. The van der Waals surface area contributed by atoms with Gasteiger partial charge < -0.3 is 5.11 Å². The number of hydrogen-bond acceptors (Lipinski definition) is 1. The average Bonchev–Trinajstić information content (AvgIpc) is 2.38. The molecule has 100 valence electrons. The fourth-order valence-electron chi connectivity index (χ4n) is 2.24. The Labute approximate surface area is 119 Å². The van der Waals surface area contributed by atoms with Gasteiger partial charge in [0, 0.05) is 10.6 Å². The predicted octanol–water partition coefficient (Wildman–Crippen LogP) is 4.62. The monoisotopic (exact) mass is 274 g/mol. The topological polar surface area (TPSA) is 20.2 Å². The second kappa shape index (κ2) is 6.23. The van der Waals surface area contributed by atoms with Crippen LogP contribution in [0.15, 0.2) is 48.5 Å². The molecule has 0 saturated heterocycles. The van der Waals surface area contributed by atoms with Gasteiger partial charge in [-0.05, 0) is 29.5 Å². The van der Waals surface area contributed by atoms with Gasteiger partial charge in [-0.3, -0.25) is 0 Å². The fourth-order valence-corrected chi connectivity index (χ4v) is 2.48. The van der Waals surface area contributed by atoms with Gasteiger partial charge in [-0.1, -0.05) is 67.9 Å². The van der Waals surface area contributed by atoms with Crippen LogP contribution in [0.25, 0.3) is 0 Å². The van der Waals surface area contributed by atoms with E-state index in [1.807, 2.05) is 30.3 Å². The molecule has 2 rings (SSSR count). The number of halogens is 1. The van der Waals surface area contributed by atoms with Gasteiger partial charge in [0.25, 0.3) is 0 Å². The van der Waals surface area contributed by atoms with E-state index in [-0.39, 0.29) is 0 Å². The van der Waals surface area contributed by atoms with Gasteiger partial charge in [-0.25, -0.2) is 0 Å². The molecule has 0 spiro atoms. The maximum atomic E-state index is 10.4. The van der Waals surface area contributed by atoms with Crippen molar-refractivity contribution in [2.45, 2.75) is 26.4 Å². The highest BCUT2D eigenvalue weighted by Gasteiger charge is 2.13. The zero-order chi connectivity index (χ0) is 13.8. The first kappa shape index (κ1) is 14.1. The molecule has 19 heavy (non-hydrogen) atoms. The summed E-state index contributed by atoms with van der Waals surface area (Å²) in [6.07, 6.45) is 0.351. The van der Waals surface area contributed by atoms with Gasteiger partial charge in [0.1, 0.15) is 6.10 Å². The summed E-state index contributed by atoms with van der Waals surface area (Å²) in [6.45, 7) is 4.38. The molecule has 1 atom stereocenters. The van der Waals surface area contributed by atoms with Gasteiger partial charge in [0.2, 0.25) is 0 Å². The highest BCUT2D eigenvalue weighted by molar-refractivity contribution is 6.31. The Balaban J connectivity index is 2.29. The van der Waals surface area contributed by atoms with E-state index in [1.165, 1.54) is 5.56 Å². The van der Waals surface area contributed by atoms with E-state index in [0.29, 0.717) is 10.9 Å². The molecule has 0 aliphatic carbocycles. The SMILES string of the molecule is CC(C)Cc1cccc(C(O)c2ccccc2Cl)c1. The molecule has 0 amide bonds. The van der Waals surface area contributed by atoms with Gasteiger partial charge in [0.15, 0.2) is 0 Å². The maximum Gasteiger partial charge on any atom is 0.105 e. The minimum atomic E-state index is -0.666. The Kier molecular flexibility index (Phi) is 4.62. The molecule has 2 aromatic carbocycles. The van der Waals surface area contributed by atoms with Gasteiger partial charge in [-0.15, -0.1) is 0 Å². The van der Waals surface area contributed by atoms with Crippen LogP contribution in [0.2, 0.25) is 5.02 Å². The zero-order valence-corrected chi connectivity index (χ0v) is 12.1. The third-order valence-electron chi connectivity index (χ3n) is 3.11. The summed E-state index contributed by atoms with van der Waals surface area (Å²) in [5.74, 6) is 0.604. The molecule has 1 nitrogen and oxygen atoms in total. The highest BCUT2D eigenvalue weighted by atomic mass is 35.5. The summed E-state index contributed by atoms with van der Waals surface area (Å²) in [5.41, 5.74) is 2.90. The summed E-state index contributed by atoms with van der Waals surface area (Å²) in [7, 11) is 0. The summed E-state index contributed by atoms with van der Waals surface area (Å²) in [5, 5.41) is 11.0. The van der Waals surface area contributed by atoms with Crippen LogP contribution >= 0.6 is 11.6 Å². The van der Waals surface area contributed by atoms with Crippen LogP contribution in [0.5, 0.6) is 0 Å². The fraction of sp³-hybridized carbons (Fsp3) is 0.294. The van der Waals surface area contributed by atoms with Gasteiger partial charge in [-0.2, -0.15) is 0 Å². The molecule has 1 unspecified atom stereocenters. The Hall–Kier alpha value is -1.31. The van der Waals surface area contributed by atoms with Crippen molar-refractivity contribution in [2.24, 2.45) is 5.92 Å². The van der Waals surface area contributed by atoms with Crippen molar-refractivity contribution in [2.75, 3.05) is 0 Å². The van der Waals surface area contributed by atoms with E-state index in [1.54, 1.807) is 6.07 Å². The van der Waals surface area contributed by atoms with Crippen molar-refractivity contribution < 1.29 is 5.11 Å². The second-order valence-electron chi connectivity index (χ2n) is 5.27. The van der Waals surface area contributed by atoms with E-state index < -0.39 is 6.10 Å². The van der Waals surface area contributed by atoms with Crippen molar-refractivity contribution in [3.63, 3.8) is 0 Å². The molecule has 2 heteroatoms.